The van der Waals surface area contributed by atoms with Gasteiger partial charge in [0, 0.05) is 5.33 Å². The van der Waals surface area contributed by atoms with Gasteiger partial charge >= 0.3 is 5.97 Å². The summed E-state index contributed by atoms with van der Waals surface area (Å²) >= 11 is 2.96. The molecule has 4 heteroatoms. The Morgan fingerprint density at radius 3 is 2.44 bits per heavy atom. The van der Waals surface area contributed by atoms with Crippen molar-refractivity contribution in [2.75, 3.05) is 12.4 Å². The van der Waals surface area contributed by atoms with Crippen LogP contribution in [0.25, 0.3) is 0 Å². The number of aliphatic hydroxyl groups is 1. The van der Waals surface area contributed by atoms with Crippen molar-refractivity contribution < 1.29 is 14.6 Å². The van der Waals surface area contributed by atoms with Gasteiger partial charge in [-0.3, -0.25) is 0 Å². The van der Waals surface area contributed by atoms with Crippen molar-refractivity contribution in [3.05, 3.63) is 0 Å². The third-order valence-electron chi connectivity index (χ3n) is 0.885. The third-order valence-corrected chi connectivity index (χ3v) is 1.98. The molecule has 0 aromatic carbocycles. The second kappa shape index (κ2) is 3.17. The van der Waals surface area contributed by atoms with Gasteiger partial charge in [0.15, 0.2) is 5.60 Å². The smallest absolute Gasteiger partial charge is 0.338 e. The molecule has 0 saturated heterocycles. The molecule has 0 rings (SSSR count). The highest BCUT2D eigenvalue weighted by atomic mass is 79.9. The molecule has 0 amide bonds. The van der Waals surface area contributed by atoms with Gasteiger partial charge in [-0.25, -0.2) is 4.79 Å². The average molecular weight is 197 g/mol. The number of halogens is 1. The summed E-state index contributed by atoms with van der Waals surface area (Å²) in [5, 5.41) is 9.26. The molecular formula is C5H9BrO3. The number of methoxy groups -OCH3 is 1. The molecule has 1 unspecified atom stereocenters. The third kappa shape index (κ3) is 2.32. The molecule has 0 heterocycles. The van der Waals surface area contributed by atoms with Crippen LogP contribution in [-0.2, 0) is 9.53 Å². The van der Waals surface area contributed by atoms with Crippen LogP contribution in [0.2, 0.25) is 0 Å². The van der Waals surface area contributed by atoms with Gasteiger partial charge in [-0.15, -0.1) is 0 Å². The van der Waals surface area contributed by atoms with Crippen molar-refractivity contribution in [3.63, 3.8) is 0 Å². The van der Waals surface area contributed by atoms with Crippen LogP contribution in [0.3, 0.4) is 0 Å². The standard InChI is InChI=1S/C5H9BrO3/c1-5(8,3-6)4(7)9-2/h8H,3H2,1-2H3. The summed E-state index contributed by atoms with van der Waals surface area (Å²) in [6.07, 6.45) is 0. The van der Waals surface area contributed by atoms with E-state index in [1.165, 1.54) is 14.0 Å². The fourth-order valence-corrected chi connectivity index (χ4v) is 0.503. The summed E-state index contributed by atoms with van der Waals surface area (Å²) in [6, 6.07) is 0. The van der Waals surface area contributed by atoms with Gasteiger partial charge < -0.3 is 9.84 Å². The Morgan fingerprint density at radius 2 is 2.33 bits per heavy atom. The van der Waals surface area contributed by atoms with E-state index >= 15 is 0 Å². The normalized spacial score (nSPS) is 16.4. The Balaban J connectivity index is 3.97. The summed E-state index contributed by atoms with van der Waals surface area (Å²) in [6.45, 7) is 1.38. The lowest BCUT2D eigenvalue weighted by Gasteiger charge is -2.15. The van der Waals surface area contributed by atoms with E-state index in [1.807, 2.05) is 0 Å². The Labute approximate surface area is 62.1 Å². The van der Waals surface area contributed by atoms with Crippen molar-refractivity contribution in [1.82, 2.24) is 0 Å². The lowest BCUT2D eigenvalue weighted by Crippen LogP contribution is -2.37. The van der Waals surface area contributed by atoms with E-state index in [4.69, 9.17) is 5.11 Å². The van der Waals surface area contributed by atoms with Crippen molar-refractivity contribution >= 4 is 21.9 Å². The van der Waals surface area contributed by atoms with Crippen LogP contribution in [0.15, 0.2) is 0 Å². The van der Waals surface area contributed by atoms with Crippen LogP contribution >= 0.6 is 15.9 Å². The lowest BCUT2D eigenvalue weighted by atomic mass is 10.1. The molecule has 0 aliphatic rings. The van der Waals surface area contributed by atoms with Gasteiger partial charge in [0.2, 0.25) is 0 Å². The second-order valence-corrected chi connectivity index (χ2v) is 2.46. The zero-order valence-electron chi connectivity index (χ0n) is 5.35. The topological polar surface area (TPSA) is 46.5 Å². The number of carbonyl (C=O) groups excluding carboxylic acids is 1. The number of alkyl halides is 1. The van der Waals surface area contributed by atoms with Crippen molar-refractivity contribution in [2.24, 2.45) is 0 Å². The zero-order chi connectivity index (χ0) is 7.49. The van der Waals surface area contributed by atoms with E-state index in [0.29, 0.717) is 0 Å². The quantitative estimate of drug-likeness (QED) is 0.511. The molecular weight excluding hydrogens is 188 g/mol. The average Bonchev–Trinajstić information content (AvgIpc) is 1.86. The zero-order valence-corrected chi connectivity index (χ0v) is 6.93. The Hall–Kier alpha value is -0.0900. The SMILES string of the molecule is COC(=O)C(C)(O)CBr. The highest BCUT2D eigenvalue weighted by Gasteiger charge is 2.29. The van der Waals surface area contributed by atoms with Crippen LogP contribution in [0.1, 0.15) is 6.92 Å². The molecule has 0 fully saturated rings. The van der Waals surface area contributed by atoms with E-state index < -0.39 is 11.6 Å². The fourth-order valence-electron chi connectivity index (χ4n) is 0.274. The number of hydrogen-bond acceptors (Lipinski definition) is 3. The Morgan fingerprint density at radius 1 is 1.89 bits per heavy atom. The first-order valence-electron chi connectivity index (χ1n) is 2.41. The summed E-state index contributed by atoms with van der Waals surface area (Å²) in [4.78, 5) is 10.6. The highest BCUT2D eigenvalue weighted by Crippen LogP contribution is 2.08. The van der Waals surface area contributed by atoms with Crippen LogP contribution in [0.5, 0.6) is 0 Å². The summed E-state index contributed by atoms with van der Waals surface area (Å²) in [7, 11) is 1.24. The summed E-state index contributed by atoms with van der Waals surface area (Å²) in [5.74, 6) is -0.626. The maximum absolute atomic E-state index is 10.6. The minimum absolute atomic E-state index is 0.187. The molecule has 0 aromatic heterocycles. The molecule has 9 heavy (non-hydrogen) atoms. The fraction of sp³-hybridized carbons (Fsp3) is 0.800. The van der Waals surface area contributed by atoms with Gasteiger partial charge in [-0.1, -0.05) is 15.9 Å². The van der Waals surface area contributed by atoms with Gasteiger partial charge in [-0.05, 0) is 6.92 Å². The van der Waals surface area contributed by atoms with E-state index in [2.05, 4.69) is 20.7 Å². The molecule has 0 bridgehead atoms. The van der Waals surface area contributed by atoms with Crippen LogP contribution in [0.4, 0.5) is 0 Å². The predicted molar refractivity (Wildman–Crippen MR) is 36.4 cm³/mol. The lowest BCUT2D eigenvalue weighted by molar-refractivity contribution is -0.157. The monoisotopic (exact) mass is 196 g/mol. The number of hydrogen-bond donors (Lipinski definition) is 1. The first-order chi connectivity index (χ1) is 4.04. The van der Waals surface area contributed by atoms with Crippen LogP contribution < -0.4 is 0 Å². The van der Waals surface area contributed by atoms with Gasteiger partial charge in [0.25, 0.3) is 0 Å². The molecule has 0 saturated carbocycles. The highest BCUT2D eigenvalue weighted by molar-refractivity contribution is 9.09. The van der Waals surface area contributed by atoms with Crippen molar-refractivity contribution in [1.29, 1.82) is 0 Å². The van der Waals surface area contributed by atoms with Crippen LogP contribution in [-0.4, -0.2) is 29.1 Å². The predicted octanol–water partition coefficient (Wildman–Crippen LogP) is 0.305. The Kier molecular flexibility index (Phi) is 3.14. The van der Waals surface area contributed by atoms with Gasteiger partial charge in [0.05, 0.1) is 7.11 Å². The number of esters is 1. The largest absolute Gasteiger partial charge is 0.467 e. The van der Waals surface area contributed by atoms with E-state index in [-0.39, 0.29) is 5.33 Å². The minimum Gasteiger partial charge on any atom is -0.467 e. The molecule has 0 aromatic rings. The molecule has 1 N–H and O–H groups in total. The summed E-state index contributed by atoms with van der Waals surface area (Å²) in [5.41, 5.74) is -1.39. The first kappa shape index (κ1) is 8.91. The first-order valence-corrected chi connectivity index (χ1v) is 3.53. The molecule has 1 atom stereocenters. The molecule has 54 valence electrons. The van der Waals surface area contributed by atoms with Crippen molar-refractivity contribution in [2.45, 2.75) is 12.5 Å². The van der Waals surface area contributed by atoms with Crippen LogP contribution in [0, 0.1) is 0 Å². The molecule has 3 nitrogen and oxygen atoms in total. The summed E-state index contributed by atoms with van der Waals surface area (Å²) < 4.78 is 4.29. The van der Waals surface area contributed by atoms with E-state index in [9.17, 15) is 4.79 Å². The Bertz CT molecular complexity index is 111. The van der Waals surface area contributed by atoms with Crippen molar-refractivity contribution in [3.8, 4) is 0 Å². The van der Waals surface area contributed by atoms with E-state index in [1.54, 1.807) is 0 Å². The maximum atomic E-state index is 10.6. The molecule has 0 aliphatic carbocycles. The maximum Gasteiger partial charge on any atom is 0.338 e. The van der Waals surface area contributed by atoms with E-state index in [0.717, 1.165) is 0 Å². The number of rotatable bonds is 2. The molecule has 0 radical (unpaired) electrons. The minimum atomic E-state index is -1.39. The van der Waals surface area contributed by atoms with Gasteiger partial charge in [-0.2, -0.15) is 0 Å². The molecule has 0 aliphatic heterocycles. The second-order valence-electron chi connectivity index (χ2n) is 1.90. The molecule has 0 spiro atoms. The number of ether oxygens (including phenoxy) is 1. The van der Waals surface area contributed by atoms with Gasteiger partial charge in [0.1, 0.15) is 0 Å². The number of carbonyl (C=O) groups is 1.